The lowest BCUT2D eigenvalue weighted by Gasteiger charge is -2.20. The van der Waals surface area contributed by atoms with Crippen molar-refractivity contribution in [1.82, 2.24) is 14.9 Å². The van der Waals surface area contributed by atoms with E-state index in [2.05, 4.69) is 33.9 Å². The van der Waals surface area contributed by atoms with Crippen molar-refractivity contribution < 1.29 is 0 Å². The van der Waals surface area contributed by atoms with Gasteiger partial charge in [-0.15, -0.1) is 0 Å². The smallest absolute Gasteiger partial charge is 0.226 e. The molecule has 0 aromatic carbocycles. The minimum absolute atomic E-state index is 0.0167. The van der Waals surface area contributed by atoms with Gasteiger partial charge in [-0.05, 0) is 26.6 Å². The van der Waals surface area contributed by atoms with Gasteiger partial charge in [-0.25, -0.2) is 9.97 Å². The van der Waals surface area contributed by atoms with E-state index in [1.165, 1.54) is 0 Å². The number of likely N-dealkylation sites (N-methyl/N-ethyl adjacent to an activating group) is 1. The van der Waals surface area contributed by atoms with E-state index < -0.39 is 0 Å². The number of anilines is 1. The van der Waals surface area contributed by atoms with Gasteiger partial charge in [0.05, 0.1) is 0 Å². The highest BCUT2D eigenvalue weighted by atomic mass is 15.3. The van der Waals surface area contributed by atoms with Crippen LogP contribution in [0.5, 0.6) is 0 Å². The molecule has 1 unspecified atom stereocenters. The summed E-state index contributed by atoms with van der Waals surface area (Å²) in [5.74, 6) is 0.652. The first kappa shape index (κ1) is 11.8. The molecule has 1 saturated heterocycles. The molecule has 1 aliphatic rings. The highest BCUT2D eigenvalue weighted by Crippen LogP contribution is 2.18. The predicted molar refractivity (Wildman–Crippen MR) is 67.4 cm³/mol. The zero-order valence-corrected chi connectivity index (χ0v) is 10.2. The van der Waals surface area contributed by atoms with E-state index in [1.807, 2.05) is 0 Å². The minimum atomic E-state index is -0.0167. The highest BCUT2D eigenvalue weighted by Gasteiger charge is 2.25. The summed E-state index contributed by atoms with van der Waals surface area (Å²) in [5, 5.41) is 7.37. The molecule has 2 heterocycles. The molecule has 0 spiro atoms. The van der Waals surface area contributed by atoms with Crippen LogP contribution in [0.2, 0.25) is 0 Å². The van der Waals surface area contributed by atoms with Gasteiger partial charge >= 0.3 is 0 Å². The summed E-state index contributed by atoms with van der Waals surface area (Å²) < 4.78 is 0. The molecule has 1 aromatic rings. The predicted octanol–water partition coefficient (Wildman–Crippen LogP) is -0.0990. The molecule has 3 N–H and O–H groups in total. The molecule has 0 amide bonds. The van der Waals surface area contributed by atoms with Gasteiger partial charge in [0, 0.05) is 25.3 Å². The monoisotopic (exact) mass is 234 g/mol. The quantitative estimate of drug-likeness (QED) is 0.564. The number of aromatic nitrogens is 2. The molecular formula is C11H18N6. The molecule has 6 heteroatoms. The lowest BCUT2D eigenvalue weighted by Crippen LogP contribution is -2.32. The molecule has 0 radical (unpaired) electrons. The molecule has 2 rings (SSSR count). The Kier molecular flexibility index (Phi) is 3.23. The Labute approximate surface area is 101 Å². The van der Waals surface area contributed by atoms with Crippen molar-refractivity contribution in [3.8, 4) is 0 Å². The SMILES string of the molecule is CN(C)C1CCN(c2nccc(C(=N)N)n2)C1. The van der Waals surface area contributed by atoms with Crippen LogP contribution in [0.1, 0.15) is 12.1 Å². The second-order valence-electron chi connectivity index (χ2n) is 4.51. The maximum absolute atomic E-state index is 7.37. The third-order valence-corrected chi connectivity index (χ3v) is 3.10. The van der Waals surface area contributed by atoms with Crippen molar-refractivity contribution >= 4 is 11.8 Å². The molecule has 0 aliphatic carbocycles. The van der Waals surface area contributed by atoms with E-state index in [4.69, 9.17) is 11.1 Å². The molecule has 1 aliphatic heterocycles. The van der Waals surface area contributed by atoms with E-state index in [-0.39, 0.29) is 5.84 Å². The molecule has 0 bridgehead atoms. The van der Waals surface area contributed by atoms with Crippen molar-refractivity contribution in [3.05, 3.63) is 18.0 Å². The van der Waals surface area contributed by atoms with Crippen LogP contribution in [0.15, 0.2) is 12.3 Å². The second-order valence-corrected chi connectivity index (χ2v) is 4.51. The van der Waals surface area contributed by atoms with Crippen LogP contribution in [0.25, 0.3) is 0 Å². The fourth-order valence-corrected chi connectivity index (χ4v) is 2.00. The minimum Gasteiger partial charge on any atom is -0.382 e. The summed E-state index contributed by atoms with van der Waals surface area (Å²) in [6.07, 6.45) is 2.77. The van der Waals surface area contributed by atoms with Gasteiger partial charge in [-0.2, -0.15) is 0 Å². The van der Waals surface area contributed by atoms with Gasteiger partial charge in [-0.1, -0.05) is 0 Å². The van der Waals surface area contributed by atoms with Crippen LogP contribution in [-0.2, 0) is 0 Å². The molecule has 6 nitrogen and oxygen atoms in total. The zero-order valence-electron chi connectivity index (χ0n) is 10.2. The average molecular weight is 234 g/mol. The summed E-state index contributed by atoms with van der Waals surface area (Å²) in [4.78, 5) is 12.9. The van der Waals surface area contributed by atoms with Crippen LogP contribution in [0.4, 0.5) is 5.95 Å². The van der Waals surface area contributed by atoms with E-state index in [1.54, 1.807) is 12.3 Å². The summed E-state index contributed by atoms with van der Waals surface area (Å²) in [7, 11) is 4.17. The number of hydrogen-bond donors (Lipinski definition) is 2. The summed E-state index contributed by atoms with van der Waals surface area (Å²) in [5.41, 5.74) is 5.91. The normalized spacial score (nSPS) is 19.9. The van der Waals surface area contributed by atoms with Crippen molar-refractivity contribution in [2.45, 2.75) is 12.5 Å². The third-order valence-electron chi connectivity index (χ3n) is 3.10. The van der Waals surface area contributed by atoms with E-state index in [0.29, 0.717) is 17.7 Å². The highest BCUT2D eigenvalue weighted by molar-refractivity contribution is 5.93. The van der Waals surface area contributed by atoms with Gasteiger partial charge < -0.3 is 15.5 Å². The maximum atomic E-state index is 7.37. The van der Waals surface area contributed by atoms with E-state index in [9.17, 15) is 0 Å². The first-order chi connectivity index (χ1) is 8.08. The summed E-state index contributed by atoms with van der Waals surface area (Å²) in [6.45, 7) is 1.87. The van der Waals surface area contributed by atoms with Gasteiger partial charge in [0.2, 0.25) is 5.95 Å². The Morgan fingerprint density at radius 3 is 2.94 bits per heavy atom. The van der Waals surface area contributed by atoms with Gasteiger partial charge in [0.15, 0.2) is 0 Å². The Balaban J connectivity index is 2.13. The Morgan fingerprint density at radius 2 is 2.35 bits per heavy atom. The number of hydrogen-bond acceptors (Lipinski definition) is 5. The molecule has 92 valence electrons. The molecule has 0 saturated carbocycles. The Bertz CT molecular complexity index is 416. The van der Waals surface area contributed by atoms with Crippen molar-refractivity contribution in [3.63, 3.8) is 0 Å². The lowest BCUT2D eigenvalue weighted by atomic mass is 10.2. The standard InChI is InChI=1S/C11H18N6/c1-16(2)8-4-6-17(7-8)11-14-5-3-9(15-11)10(12)13/h3,5,8H,4,6-7H2,1-2H3,(H3,12,13). The summed E-state index contributed by atoms with van der Waals surface area (Å²) in [6, 6.07) is 2.20. The zero-order chi connectivity index (χ0) is 12.4. The molecule has 1 aromatic heterocycles. The molecule has 1 fully saturated rings. The van der Waals surface area contributed by atoms with Gasteiger partial charge in [-0.3, -0.25) is 5.41 Å². The Morgan fingerprint density at radius 1 is 1.59 bits per heavy atom. The Hall–Kier alpha value is -1.69. The number of rotatable bonds is 3. The van der Waals surface area contributed by atoms with Crippen LogP contribution in [0, 0.1) is 5.41 Å². The maximum Gasteiger partial charge on any atom is 0.226 e. The van der Waals surface area contributed by atoms with Crippen LogP contribution >= 0.6 is 0 Å². The fourth-order valence-electron chi connectivity index (χ4n) is 2.00. The molecule has 17 heavy (non-hydrogen) atoms. The van der Waals surface area contributed by atoms with Crippen molar-refractivity contribution in [2.24, 2.45) is 5.73 Å². The number of amidine groups is 1. The number of nitrogens with one attached hydrogen (secondary N) is 1. The van der Waals surface area contributed by atoms with Crippen LogP contribution < -0.4 is 10.6 Å². The lowest BCUT2D eigenvalue weighted by molar-refractivity contribution is 0.315. The average Bonchev–Trinajstić information content (AvgIpc) is 2.78. The number of nitrogen functional groups attached to an aromatic ring is 1. The number of nitrogens with two attached hydrogens (primary N) is 1. The molecule has 1 atom stereocenters. The van der Waals surface area contributed by atoms with Gasteiger partial charge in [0.1, 0.15) is 11.5 Å². The topological polar surface area (TPSA) is 82.1 Å². The van der Waals surface area contributed by atoms with E-state index >= 15 is 0 Å². The van der Waals surface area contributed by atoms with Crippen molar-refractivity contribution in [1.29, 1.82) is 5.41 Å². The molecular weight excluding hydrogens is 216 g/mol. The largest absolute Gasteiger partial charge is 0.382 e. The summed E-state index contributed by atoms with van der Waals surface area (Å²) >= 11 is 0. The van der Waals surface area contributed by atoms with Gasteiger partial charge in [0.25, 0.3) is 0 Å². The van der Waals surface area contributed by atoms with Crippen molar-refractivity contribution in [2.75, 3.05) is 32.1 Å². The van der Waals surface area contributed by atoms with Crippen LogP contribution in [-0.4, -0.2) is 53.9 Å². The van der Waals surface area contributed by atoms with Crippen LogP contribution in [0.3, 0.4) is 0 Å². The van der Waals surface area contributed by atoms with E-state index in [0.717, 1.165) is 19.5 Å². The third kappa shape index (κ3) is 2.52. The first-order valence-electron chi connectivity index (χ1n) is 5.66. The second kappa shape index (κ2) is 4.67. The first-order valence-corrected chi connectivity index (χ1v) is 5.66. The fraction of sp³-hybridized carbons (Fsp3) is 0.545. The number of nitrogens with zero attached hydrogens (tertiary/aromatic N) is 4.